The van der Waals surface area contributed by atoms with Gasteiger partial charge in [0.1, 0.15) is 0 Å². The molecule has 1 rings (SSSR count). The van der Waals surface area contributed by atoms with Crippen LogP contribution in [0.5, 0.6) is 11.5 Å². The molecule has 4 nitrogen and oxygen atoms in total. The molecule has 0 aliphatic rings. The number of nitrogens with one attached hydrogen (secondary N) is 1. The van der Waals surface area contributed by atoms with E-state index in [0.717, 1.165) is 37.9 Å². The molecule has 20 heavy (non-hydrogen) atoms. The Labute approximate surface area is 121 Å². The molecular formula is C16H27NO3. The smallest absolute Gasteiger partial charge is 0.161 e. The van der Waals surface area contributed by atoms with Gasteiger partial charge in [-0.3, -0.25) is 0 Å². The lowest BCUT2D eigenvalue weighted by molar-refractivity contribution is 0.248. The van der Waals surface area contributed by atoms with E-state index in [4.69, 9.17) is 9.84 Å². The van der Waals surface area contributed by atoms with Crippen LogP contribution in [0.2, 0.25) is 0 Å². The van der Waals surface area contributed by atoms with E-state index in [2.05, 4.69) is 12.2 Å². The van der Waals surface area contributed by atoms with Crippen LogP contribution in [-0.4, -0.2) is 30.0 Å². The molecule has 0 bridgehead atoms. The highest BCUT2D eigenvalue weighted by Gasteiger charge is 2.07. The van der Waals surface area contributed by atoms with Gasteiger partial charge in [0, 0.05) is 13.2 Å². The highest BCUT2D eigenvalue weighted by atomic mass is 16.5. The van der Waals surface area contributed by atoms with Gasteiger partial charge in [-0.2, -0.15) is 0 Å². The van der Waals surface area contributed by atoms with E-state index in [0.29, 0.717) is 18.3 Å². The molecule has 1 unspecified atom stereocenters. The van der Waals surface area contributed by atoms with Crippen molar-refractivity contribution in [1.82, 2.24) is 5.32 Å². The van der Waals surface area contributed by atoms with Crippen LogP contribution in [0.4, 0.5) is 0 Å². The second kappa shape index (κ2) is 9.61. The Morgan fingerprint density at radius 3 is 2.70 bits per heavy atom. The van der Waals surface area contributed by atoms with E-state index in [1.807, 2.05) is 19.1 Å². The zero-order valence-electron chi connectivity index (χ0n) is 12.6. The number of ether oxygens (including phenoxy) is 1. The SMILES string of the molecule is CCCC(CCO)CNCc1ccc(O)c(OCC)c1. The molecule has 1 aromatic carbocycles. The summed E-state index contributed by atoms with van der Waals surface area (Å²) in [5, 5.41) is 22.1. The zero-order chi connectivity index (χ0) is 14.8. The van der Waals surface area contributed by atoms with Gasteiger partial charge < -0.3 is 20.3 Å². The Kier molecular flexibility index (Phi) is 8.07. The highest BCUT2D eigenvalue weighted by molar-refractivity contribution is 5.41. The minimum atomic E-state index is 0.180. The number of benzene rings is 1. The van der Waals surface area contributed by atoms with Crippen LogP contribution in [0.1, 0.15) is 38.7 Å². The number of hydrogen-bond donors (Lipinski definition) is 3. The van der Waals surface area contributed by atoms with Crippen LogP contribution in [0.3, 0.4) is 0 Å². The number of aliphatic hydroxyl groups excluding tert-OH is 1. The van der Waals surface area contributed by atoms with E-state index in [1.165, 1.54) is 0 Å². The van der Waals surface area contributed by atoms with Gasteiger partial charge in [0.2, 0.25) is 0 Å². The fraction of sp³-hybridized carbons (Fsp3) is 0.625. The number of aliphatic hydroxyl groups is 1. The lowest BCUT2D eigenvalue weighted by Gasteiger charge is -2.16. The average molecular weight is 281 g/mol. The first kappa shape index (κ1) is 16.8. The molecule has 0 heterocycles. The fourth-order valence-corrected chi connectivity index (χ4v) is 2.30. The normalized spacial score (nSPS) is 12.3. The van der Waals surface area contributed by atoms with Gasteiger partial charge in [0.25, 0.3) is 0 Å². The Bertz CT molecular complexity index is 376. The van der Waals surface area contributed by atoms with Crippen molar-refractivity contribution >= 4 is 0 Å². The van der Waals surface area contributed by atoms with Gasteiger partial charge in [-0.25, -0.2) is 0 Å². The van der Waals surface area contributed by atoms with Crippen LogP contribution < -0.4 is 10.1 Å². The molecule has 4 heteroatoms. The summed E-state index contributed by atoms with van der Waals surface area (Å²) in [7, 11) is 0. The van der Waals surface area contributed by atoms with Crippen LogP contribution in [0, 0.1) is 5.92 Å². The summed E-state index contributed by atoms with van der Waals surface area (Å²) in [5.41, 5.74) is 1.09. The third-order valence-electron chi connectivity index (χ3n) is 3.32. The first-order chi connectivity index (χ1) is 9.71. The van der Waals surface area contributed by atoms with Crippen LogP contribution in [0.25, 0.3) is 0 Å². The van der Waals surface area contributed by atoms with Crippen molar-refractivity contribution in [3.63, 3.8) is 0 Å². The number of aromatic hydroxyl groups is 1. The third-order valence-corrected chi connectivity index (χ3v) is 3.32. The Balaban J connectivity index is 2.46. The third kappa shape index (κ3) is 5.80. The topological polar surface area (TPSA) is 61.7 Å². The van der Waals surface area contributed by atoms with Gasteiger partial charge in [0.05, 0.1) is 6.61 Å². The molecule has 1 atom stereocenters. The Morgan fingerprint density at radius 1 is 1.25 bits per heavy atom. The number of phenolic OH excluding ortho intramolecular Hbond substituents is 1. The van der Waals surface area contributed by atoms with Crippen LogP contribution in [0.15, 0.2) is 18.2 Å². The van der Waals surface area contributed by atoms with Crippen LogP contribution >= 0.6 is 0 Å². The van der Waals surface area contributed by atoms with Crippen molar-refractivity contribution in [2.24, 2.45) is 5.92 Å². The molecule has 114 valence electrons. The van der Waals surface area contributed by atoms with Crippen LogP contribution in [-0.2, 0) is 6.54 Å². The maximum Gasteiger partial charge on any atom is 0.161 e. The fourth-order valence-electron chi connectivity index (χ4n) is 2.30. The van der Waals surface area contributed by atoms with Gasteiger partial charge in [-0.1, -0.05) is 19.4 Å². The van der Waals surface area contributed by atoms with E-state index in [9.17, 15) is 5.11 Å². The highest BCUT2D eigenvalue weighted by Crippen LogP contribution is 2.26. The van der Waals surface area contributed by atoms with Crippen molar-refractivity contribution in [2.75, 3.05) is 19.8 Å². The standard InChI is InChI=1S/C16H27NO3/c1-3-5-13(8-9-18)11-17-12-14-6-7-15(19)16(10-14)20-4-2/h6-7,10,13,17-19H,3-5,8-9,11-12H2,1-2H3. The van der Waals surface area contributed by atoms with Crippen molar-refractivity contribution in [3.8, 4) is 11.5 Å². The van der Waals surface area contributed by atoms with E-state index in [1.54, 1.807) is 6.07 Å². The van der Waals surface area contributed by atoms with Crippen molar-refractivity contribution < 1.29 is 14.9 Å². The predicted molar refractivity (Wildman–Crippen MR) is 81.1 cm³/mol. The molecule has 0 spiro atoms. The van der Waals surface area contributed by atoms with E-state index in [-0.39, 0.29) is 12.4 Å². The van der Waals surface area contributed by atoms with Gasteiger partial charge in [-0.15, -0.1) is 0 Å². The lowest BCUT2D eigenvalue weighted by Crippen LogP contribution is -2.23. The maximum absolute atomic E-state index is 9.65. The molecule has 3 N–H and O–H groups in total. The van der Waals surface area contributed by atoms with Crippen molar-refractivity contribution in [1.29, 1.82) is 0 Å². The second-order valence-electron chi connectivity index (χ2n) is 5.03. The summed E-state index contributed by atoms with van der Waals surface area (Å²) in [5.74, 6) is 1.24. The average Bonchev–Trinajstić information content (AvgIpc) is 2.43. The van der Waals surface area contributed by atoms with E-state index < -0.39 is 0 Å². The molecule has 0 aliphatic heterocycles. The van der Waals surface area contributed by atoms with E-state index >= 15 is 0 Å². The molecule has 0 aromatic heterocycles. The zero-order valence-corrected chi connectivity index (χ0v) is 12.6. The summed E-state index contributed by atoms with van der Waals surface area (Å²) in [4.78, 5) is 0. The molecule has 0 fully saturated rings. The molecule has 0 saturated heterocycles. The van der Waals surface area contributed by atoms with Gasteiger partial charge >= 0.3 is 0 Å². The van der Waals surface area contributed by atoms with Crippen molar-refractivity contribution in [2.45, 2.75) is 39.7 Å². The minimum absolute atomic E-state index is 0.180. The lowest BCUT2D eigenvalue weighted by atomic mass is 10.0. The Hall–Kier alpha value is -1.26. The maximum atomic E-state index is 9.65. The molecule has 0 aliphatic carbocycles. The van der Waals surface area contributed by atoms with Gasteiger partial charge in [-0.05, 0) is 49.9 Å². The predicted octanol–water partition coefficient (Wildman–Crippen LogP) is 2.68. The number of phenols is 1. The summed E-state index contributed by atoms with van der Waals surface area (Å²) in [6.45, 7) is 6.50. The monoisotopic (exact) mass is 281 g/mol. The first-order valence-electron chi connectivity index (χ1n) is 7.47. The molecule has 0 amide bonds. The summed E-state index contributed by atoms with van der Waals surface area (Å²) >= 11 is 0. The first-order valence-corrected chi connectivity index (χ1v) is 7.47. The molecule has 0 saturated carbocycles. The summed E-state index contributed by atoms with van der Waals surface area (Å²) in [6.07, 6.45) is 3.12. The minimum Gasteiger partial charge on any atom is -0.504 e. The molecular weight excluding hydrogens is 254 g/mol. The second-order valence-corrected chi connectivity index (χ2v) is 5.03. The molecule has 0 radical (unpaired) electrons. The van der Waals surface area contributed by atoms with Crippen molar-refractivity contribution in [3.05, 3.63) is 23.8 Å². The summed E-state index contributed by atoms with van der Waals surface area (Å²) < 4.78 is 5.37. The number of rotatable bonds is 10. The summed E-state index contributed by atoms with van der Waals surface area (Å²) in [6, 6.07) is 5.43. The quantitative estimate of drug-likeness (QED) is 0.617. The van der Waals surface area contributed by atoms with Gasteiger partial charge in [0.15, 0.2) is 11.5 Å². The largest absolute Gasteiger partial charge is 0.504 e. The number of hydrogen-bond acceptors (Lipinski definition) is 4. The Morgan fingerprint density at radius 2 is 2.05 bits per heavy atom. The molecule has 1 aromatic rings.